The molecule has 0 bridgehead atoms. The molecule has 0 atom stereocenters. The van der Waals surface area contributed by atoms with Crippen molar-refractivity contribution in [2.45, 2.75) is 26.4 Å². The van der Waals surface area contributed by atoms with E-state index in [4.69, 9.17) is 32.7 Å². The van der Waals surface area contributed by atoms with Crippen LogP contribution in [0.2, 0.25) is 10.3 Å². The molecule has 1 amide bonds. The highest BCUT2D eigenvalue weighted by Gasteiger charge is 2.16. The fourth-order valence-electron chi connectivity index (χ4n) is 1.93. The van der Waals surface area contributed by atoms with E-state index in [9.17, 15) is 9.18 Å². The van der Waals surface area contributed by atoms with E-state index >= 15 is 0 Å². The van der Waals surface area contributed by atoms with Gasteiger partial charge in [-0.2, -0.15) is 4.98 Å². The largest absolute Gasteiger partial charge is 0.489 e. The lowest BCUT2D eigenvalue weighted by molar-refractivity contribution is 0.0520. The molecule has 2 rings (SSSR count). The Labute approximate surface area is 166 Å². The first-order valence-corrected chi connectivity index (χ1v) is 8.74. The quantitative estimate of drug-likeness (QED) is 0.529. The molecule has 0 saturated carbocycles. The van der Waals surface area contributed by atoms with Gasteiger partial charge in [0.05, 0.1) is 12.7 Å². The number of carbonyl (C=O) groups is 1. The summed E-state index contributed by atoms with van der Waals surface area (Å²) in [6.07, 6.45) is 0.733. The molecule has 0 fully saturated rings. The lowest BCUT2D eigenvalue weighted by atomic mass is 10.2. The predicted molar refractivity (Wildman–Crippen MR) is 101 cm³/mol. The maximum Gasteiger partial charge on any atom is 0.407 e. The molecule has 1 aromatic carbocycles. The Morgan fingerprint density at radius 1 is 1.30 bits per heavy atom. The van der Waals surface area contributed by atoms with Gasteiger partial charge in [0.25, 0.3) is 0 Å². The summed E-state index contributed by atoms with van der Waals surface area (Å²) in [5, 5.41) is 5.43. The summed E-state index contributed by atoms with van der Waals surface area (Å²) in [6, 6.07) is 4.31. The maximum atomic E-state index is 14.2. The first-order valence-electron chi connectivity index (χ1n) is 7.99. The van der Waals surface area contributed by atoms with Crippen LogP contribution in [-0.4, -0.2) is 34.8 Å². The topological polar surface area (TPSA) is 85.4 Å². The zero-order valence-electron chi connectivity index (χ0n) is 15.0. The molecule has 0 spiro atoms. The number of alkyl carbamates (subject to hydrolysis) is 1. The number of hydrogen-bond donors (Lipinski definition) is 2. The molecular formula is C17H19Cl2FN4O3. The number of nitrogens with one attached hydrogen (secondary N) is 2. The lowest BCUT2D eigenvalue weighted by Gasteiger charge is -2.20. The van der Waals surface area contributed by atoms with E-state index in [0.717, 1.165) is 0 Å². The molecule has 0 aliphatic heterocycles. The first-order chi connectivity index (χ1) is 12.7. The second-order valence-electron chi connectivity index (χ2n) is 6.35. The number of carbonyl (C=O) groups excluding carboxylic acids is 1. The normalized spacial score (nSPS) is 11.0. The van der Waals surface area contributed by atoms with Crippen LogP contribution in [0.5, 0.6) is 5.75 Å². The van der Waals surface area contributed by atoms with Crippen molar-refractivity contribution in [1.29, 1.82) is 0 Å². The average molecular weight is 417 g/mol. The molecule has 0 aliphatic carbocycles. The molecule has 27 heavy (non-hydrogen) atoms. The van der Waals surface area contributed by atoms with Gasteiger partial charge in [-0.05, 0) is 44.5 Å². The monoisotopic (exact) mass is 416 g/mol. The Kier molecular flexibility index (Phi) is 7.04. The lowest BCUT2D eigenvalue weighted by Crippen LogP contribution is -2.34. The molecule has 0 aliphatic rings. The van der Waals surface area contributed by atoms with E-state index in [0.29, 0.717) is 0 Å². The van der Waals surface area contributed by atoms with Gasteiger partial charge in [-0.25, -0.2) is 14.2 Å². The van der Waals surface area contributed by atoms with Gasteiger partial charge >= 0.3 is 6.09 Å². The SMILES string of the molecule is CC(C)(C)OC(=O)NCCOc1cccc(F)c1Nc1nc(Cl)ncc1Cl. The van der Waals surface area contributed by atoms with Gasteiger partial charge in [-0.15, -0.1) is 0 Å². The third-order valence-corrected chi connectivity index (χ3v) is 3.42. The summed E-state index contributed by atoms with van der Waals surface area (Å²) in [5.41, 5.74) is -0.561. The number of para-hydroxylation sites is 1. The smallest absolute Gasteiger partial charge is 0.407 e. The van der Waals surface area contributed by atoms with Gasteiger partial charge in [0.2, 0.25) is 5.28 Å². The van der Waals surface area contributed by atoms with E-state index in [1.54, 1.807) is 26.8 Å². The number of anilines is 2. The van der Waals surface area contributed by atoms with Crippen LogP contribution in [0.15, 0.2) is 24.4 Å². The van der Waals surface area contributed by atoms with Gasteiger partial charge in [-0.1, -0.05) is 17.7 Å². The molecular weight excluding hydrogens is 398 g/mol. The van der Waals surface area contributed by atoms with Crippen LogP contribution in [0.1, 0.15) is 20.8 Å². The zero-order chi connectivity index (χ0) is 20.0. The molecule has 0 unspecified atom stereocenters. The minimum atomic E-state index is -0.595. The van der Waals surface area contributed by atoms with E-state index in [2.05, 4.69) is 20.6 Å². The summed E-state index contributed by atoms with van der Waals surface area (Å²) < 4.78 is 24.9. The second-order valence-corrected chi connectivity index (χ2v) is 7.10. The van der Waals surface area contributed by atoms with Crippen LogP contribution < -0.4 is 15.4 Å². The number of benzene rings is 1. The highest BCUT2D eigenvalue weighted by atomic mass is 35.5. The number of nitrogens with zero attached hydrogens (tertiary/aromatic N) is 2. The average Bonchev–Trinajstić information content (AvgIpc) is 2.56. The number of hydrogen-bond acceptors (Lipinski definition) is 6. The van der Waals surface area contributed by atoms with Gasteiger partial charge in [-0.3, -0.25) is 0 Å². The Hall–Kier alpha value is -2.32. The van der Waals surface area contributed by atoms with Gasteiger partial charge < -0.3 is 20.1 Å². The first kappa shape index (κ1) is 21.0. The predicted octanol–water partition coefficient (Wildman–Crippen LogP) is 4.57. The number of ether oxygens (including phenoxy) is 2. The third-order valence-electron chi connectivity index (χ3n) is 2.96. The number of amides is 1. The van der Waals surface area contributed by atoms with Crippen molar-refractivity contribution in [1.82, 2.24) is 15.3 Å². The van der Waals surface area contributed by atoms with Crippen LogP contribution in [0, 0.1) is 5.82 Å². The molecule has 7 nitrogen and oxygen atoms in total. The number of halogens is 3. The van der Waals surface area contributed by atoms with E-state index in [1.807, 2.05) is 0 Å². The Morgan fingerprint density at radius 2 is 2.04 bits per heavy atom. The Bertz CT molecular complexity index is 815. The summed E-state index contributed by atoms with van der Waals surface area (Å²) in [6.45, 7) is 5.55. The van der Waals surface area contributed by atoms with Crippen molar-refractivity contribution in [2.75, 3.05) is 18.5 Å². The molecule has 1 aromatic heterocycles. The van der Waals surface area contributed by atoms with Crippen LogP contribution in [0.25, 0.3) is 0 Å². The summed E-state index contributed by atoms with van der Waals surface area (Å²) in [7, 11) is 0. The number of rotatable bonds is 6. The van der Waals surface area contributed by atoms with Gasteiger partial charge in [0, 0.05) is 0 Å². The van der Waals surface area contributed by atoms with Crippen molar-refractivity contribution >= 4 is 40.8 Å². The number of aromatic nitrogens is 2. The van der Waals surface area contributed by atoms with Crippen molar-refractivity contribution in [3.63, 3.8) is 0 Å². The molecule has 0 radical (unpaired) electrons. The molecule has 10 heteroatoms. The molecule has 2 N–H and O–H groups in total. The van der Waals surface area contributed by atoms with Crippen LogP contribution >= 0.6 is 23.2 Å². The second kappa shape index (κ2) is 9.05. The minimum absolute atomic E-state index is 0.0337. The third kappa shape index (κ3) is 6.73. The molecule has 146 valence electrons. The Morgan fingerprint density at radius 3 is 2.74 bits per heavy atom. The summed E-state index contributed by atoms with van der Waals surface area (Å²) in [5.74, 6) is -0.219. The van der Waals surface area contributed by atoms with Gasteiger partial charge in [0.15, 0.2) is 11.6 Å². The molecule has 1 heterocycles. The highest BCUT2D eigenvalue weighted by molar-refractivity contribution is 6.33. The molecule has 2 aromatic rings. The minimum Gasteiger partial charge on any atom is -0.489 e. The fraction of sp³-hybridized carbons (Fsp3) is 0.353. The van der Waals surface area contributed by atoms with Crippen molar-refractivity contribution in [3.05, 3.63) is 40.5 Å². The fourth-order valence-corrected chi connectivity index (χ4v) is 2.20. The van der Waals surface area contributed by atoms with Crippen LogP contribution in [0.3, 0.4) is 0 Å². The highest BCUT2D eigenvalue weighted by Crippen LogP contribution is 2.32. The standard InChI is InChI=1S/C17H19Cl2FN4O3/c1-17(2,3)27-16(25)21-7-8-26-12-6-4-5-11(20)13(12)23-14-10(18)9-22-15(19)24-14/h4-6,9H,7-8H2,1-3H3,(H,21,25)(H,22,23,24). The maximum absolute atomic E-state index is 14.2. The Balaban J connectivity index is 2.01. The zero-order valence-corrected chi connectivity index (χ0v) is 16.5. The van der Waals surface area contributed by atoms with Crippen LogP contribution in [-0.2, 0) is 4.74 Å². The summed E-state index contributed by atoms with van der Waals surface area (Å²) in [4.78, 5) is 19.3. The van der Waals surface area contributed by atoms with E-state index < -0.39 is 17.5 Å². The van der Waals surface area contributed by atoms with Crippen molar-refractivity contribution in [3.8, 4) is 5.75 Å². The van der Waals surface area contributed by atoms with Crippen LogP contribution in [0.4, 0.5) is 20.7 Å². The summed E-state index contributed by atoms with van der Waals surface area (Å²) >= 11 is 11.7. The van der Waals surface area contributed by atoms with Gasteiger partial charge in [0.1, 0.15) is 28.7 Å². The van der Waals surface area contributed by atoms with Crippen molar-refractivity contribution in [2.24, 2.45) is 0 Å². The van der Waals surface area contributed by atoms with E-state index in [-0.39, 0.29) is 40.7 Å². The van der Waals surface area contributed by atoms with E-state index in [1.165, 1.54) is 18.3 Å². The van der Waals surface area contributed by atoms with Crippen molar-refractivity contribution < 1.29 is 18.7 Å². The molecule has 0 saturated heterocycles.